The number of hydrogen-bond acceptors (Lipinski definition) is 5. The van der Waals surface area contributed by atoms with Gasteiger partial charge < -0.3 is 24.8 Å². The van der Waals surface area contributed by atoms with Crippen LogP contribution in [-0.4, -0.2) is 18.7 Å². The van der Waals surface area contributed by atoms with Gasteiger partial charge in [0, 0.05) is 17.4 Å². The van der Waals surface area contributed by atoms with E-state index in [4.69, 9.17) is 14.2 Å². The van der Waals surface area contributed by atoms with E-state index in [-0.39, 0.29) is 12.7 Å². The zero-order valence-electron chi connectivity index (χ0n) is 15.3. The van der Waals surface area contributed by atoms with Gasteiger partial charge in [-0.1, -0.05) is 18.2 Å². The van der Waals surface area contributed by atoms with Crippen LogP contribution in [0.2, 0.25) is 0 Å². The third-order valence-corrected chi connectivity index (χ3v) is 4.25. The highest BCUT2D eigenvalue weighted by atomic mass is 16.7. The topological polar surface area (TPSA) is 68.8 Å². The molecule has 0 radical (unpaired) electrons. The molecule has 1 aliphatic heterocycles. The lowest BCUT2D eigenvalue weighted by molar-refractivity contribution is -0.116. The summed E-state index contributed by atoms with van der Waals surface area (Å²) in [5, 5.41) is 6.06. The molecule has 0 saturated heterocycles. The van der Waals surface area contributed by atoms with Crippen LogP contribution in [-0.2, 0) is 4.79 Å². The Labute approximate surface area is 163 Å². The zero-order chi connectivity index (χ0) is 19.3. The molecular weight excluding hydrogens is 356 g/mol. The summed E-state index contributed by atoms with van der Waals surface area (Å²) < 4.78 is 16.4. The van der Waals surface area contributed by atoms with Crippen molar-refractivity contribution in [1.29, 1.82) is 0 Å². The van der Waals surface area contributed by atoms with E-state index in [1.807, 2.05) is 54.6 Å². The first-order valence-corrected chi connectivity index (χ1v) is 8.97. The van der Waals surface area contributed by atoms with Gasteiger partial charge in [0.15, 0.2) is 11.5 Å². The van der Waals surface area contributed by atoms with E-state index < -0.39 is 6.04 Å². The van der Waals surface area contributed by atoms with Gasteiger partial charge in [0.1, 0.15) is 17.5 Å². The number of rotatable bonds is 6. The van der Waals surface area contributed by atoms with E-state index in [0.717, 1.165) is 17.2 Å². The molecule has 1 unspecified atom stereocenters. The number of ether oxygens (including phenoxy) is 3. The molecule has 1 aliphatic rings. The van der Waals surface area contributed by atoms with Crippen LogP contribution < -0.4 is 24.8 Å². The molecule has 0 spiro atoms. The molecule has 6 heteroatoms. The Balaban J connectivity index is 1.33. The molecule has 0 fully saturated rings. The van der Waals surface area contributed by atoms with Crippen LogP contribution >= 0.6 is 0 Å². The first-order valence-electron chi connectivity index (χ1n) is 8.97. The molecule has 142 valence electrons. The fraction of sp³-hybridized carbons (Fsp3) is 0.136. The molecule has 0 aliphatic carbocycles. The van der Waals surface area contributed by atoms with Crippen LogP contribution in [0.5, 0.6) is 23.0 Å². The summed E-state index contributed by atoms with van der Waals surface area (Å²) in [6, 6.07) is 21.9. The van der Waals surface area contributed by atoms with Gasteiger partial charge in [-0.25, -0.2) is 0 Å². The number of fused-ring (bicyclic) bond motifs is 1. The van der Waals surface area contributed by atoms with Crippen molar-refractivity contribution in [2.45, 2.75) is 13.0 Å². The van der Waals surface area contributed by atoms with E-state index in [1.165, 1.54) is 0 Å². The minimum absolute atomic E-state index is 0.150. The molecule has 6 nitrogen and oxygen atoms in total. The normalized spacial score (nSPS) is 12.9. The first-order chi connectivity index (χ1) is 13.7. The third-order valence-electron chi connectivity index (χ3n) is 4.25. The van der Waals surface area contributed by atoms with Gasteiger partial charge in [0.2, 0.25) is 12.7 Å². The molecule has 4 rings (SSSR count). The summed E-state index contributed by atoms with van der Waals surface area (Å²) in [6.07, 6.45) is 0. The molecule has 0 bridgehead atoms. The smallest absolute Gasteiger partial charge is 0.246 e. The zero-order valence-corrected chi connectivity index (χ0v) is 15.3. The Morgan fingerprint density at radius 1 is 0.893 bits per heavy atom. The average Bonchev–Trinajstić information content (AvgIpc) is 3.18. The van der Waals surface area contributed by atoms with Crippen LogP contribution in [0.1, 0.15) is 6.92 Å². The summed E-state index contributed by atoms with van der Waals surface area (Å²) in [4.78, 5) is 12.5. The Bertz CT molecular complexity index is 958. The SMILES string of the molecule is CC(Nc1ccc(Oc2ccccc2)cc1)C(=O)Nc1ccc2c(c1)OCO2. The van der Waals surface area contributed by atoms with Crippen LogP contribution in [0.25, 0.3) is 0 Å². The second kappa shape index (κ2) is 7.92. The molecule has 3 aromatic rings. The van der Waals surface area contributed by atoms with Crippen molar-refractivity contribution in [3.63, 3.8) is 0 Å². The van der Waals surface area contributed by atoms with Crippen molar-refractivity contribution in [3.05, 3.63) is 72.8 Å². The van der Waals surface area contributed by atoms with Gasteiger partial charge >= 0.3 is 0 Å². The lowest BCUT2D eigenvalue weighted by atomic mass is 10.2. The van der Waals surface area contributed by atoms with E-state index >= 15 is 0 Å². The van der Waals surface area contributed by atoms with Gasteiger partial charge in [-0.2, -0.15) is 0 Å². The molecular formula is C22H20N2O4. The predicted octanol–water partition coefficient (Wildman–Crippen LogP) is 4.65. The number of amides is 1. The maximum atomic E-state index is 12.5. The predicted molar refractivity (Wildman–Crippen MR) is 107 cm³/mol. The maximum absolute atomic E-state index is 12.5. The number of carbonyl (C=O) groups excluding carboxylic acids is 1. The second-order valence-corrected chi connectivity index (χ2v) is 6.36. The lowest BCUT2D eigenvalue weighted by Gasteiger charge is -2.16. The van der Waals surface area contributed by atoms with Crippen molar-refractivity contribution in [2.24, 2.45) is 0 Å². The number of anilines is 2. The Morgan fingerprint density at radius 3 is 2.36 bits per heavy atom. The summed E-state index contributed by atoms with van der Waals surface area (Å²) in [5.41, 5.74) is 1.49. The van der Waals surface area contributed by atoms with E-state index in [2.05, 4.69) is 10.6 Å². The molecule has 1 amide bonds. The standard InChI is InChI=1S/C22H20N2O4/c1-15(22(25)24-17-9-12-20-21(13-17)27-14-26-20)23-16-7-10-19(11-8-16)28-18-5-3-2-4-6-18/h2-13,15,23H,14H2,1H3,(H,24,25). The molecule has 0 aromatic heterocycles. The Kier molecular flexibility index (Phi) is 5.01. The number of carbonyl (C=O) groups is 1. The molecule has 0 saturated carbocycles. The number of hydrogen-bond donors (Lipinski definition) is 2. The van der Waals surface area contributed by atoms with Gasteiger partial charge in [0.25, 0.3) is 0 Å². The monoisotopic (exact) mass is 376 g/mol. The average molecular weight is 376 g/mol. The largest absolute Gasteiger partial charge is 0.457 e. The summed E-state index contributed by atoms with van der Waals surface area (Å²) >= 11 is 0. The van der Waals surface area contributed by atoms with E-state index in [0.29, 0.717) is 17.2 Å². The maximum Gasteiger partial charge on any atom is 0.246 e. The molecule has 2 N–H and O–H groups in total. The van der Waals surface area contributed by atoms with Gasteiger partial charge in [-0.05, 0) is 55.5 Å². The molecule has 3 aromatic carbocycles. The van der Waals surface area contributed by atoms with Crippen LogP contribution in [0.3, 0.4) is 0 Å². The van der Waals surface area contributed by atoms with Crippen molar-refractivity contribution in [3.8, 4) is 23.0 Å². The van der Waals surface area contributed by atoms with Gasteiger partial charge in [0.05, 0.1) is 0 Å². The number of nitrogens with one attached hydrogen (secondary N) is 2. The summed E-state index contributed by atoms with van der Waals surface area (Å²) in [5.74, 6) is 2.67. The van der Waals surface area contributed by atoms with Gasteiger partial charge in [-0.3, -0.25) is 4.79 Å². The highest BCUT2D eigenvalue weighted by Gasteiger charge is 2.17. The highest BCUT2D eigenvalue weighted by molar-refractivity contribution is 5.96. The Morgan fingerprint density at radius 2 is 1.57 bits per heavy atom. The van der Waals surface area contributed by atoms with Crippen LogP contribution in [0.4, 0.5) is 11.4 Å². The quantitative estimate of drug-likeness (QED) is 0.656. The fourth-order valence-electron chi connectivity index (χ4n) is 2.78. The molecule has 28 heavy (non-hydrogen) atoms. The van der Waals surface area contributed by atoms with Gasteiger partial charge in [-0.15, -0.1) is 0 Å². The van der Waals surface area contributed by atoms with Crippen molar-refractivity contribution in [2.75, 3.05) is 17.4 Å². The first kappa shape index (κ1) is 17.7. The molecule has 1 atom stereocenters. The summed E-state index contributed by atoms with van der Waals surface area (Å²) in [7, 11) is 0. The van der Waals surface area contributed by atoms with Crippen LogP contribution in [0.15, 0.2) is 72.8 Å². The lowest BCUT2D eigenvalue weighted by Crippen LogP contribution is -2.31. The van der Waals surface area contributed by atoms with E-state index in [1.54, 1.807) is 25.1 Å². The summed E-state index contributed by atoms with van der Waals surface area (Å²) in [6.45, 7) is 2.01. The number of benzene rings is 3. The number of para-hydroxylation sites is 1. The minimum Gasteiger partial charge on any atom is -0.457 e. The van der Waals surface area contributed by atoms with E-state index in [9.17, 15) is 4.79 Å². The second-order valence-electron chi connectivity index (χ2n) is 6.36. The Hall–Kier alpha value is -3.67. The fourth-order valence-corrected chi connectivity index (χ4v) is 2.78. The van der Waals surface area contributed by atoms with Crippen molar-refractivity contribution < 1.29 is 19.0 Å². The minimum atomic E-state index is -0.425. The van der Waals surface area contributed by atoms with Crippen molar-refractivity contribution >= 4 is 17.3 Å². The molecule has 1 heterocycles. The third kappa shape index (κ3) is 4.17. The highest BCUT2D eigenvalue weighted by Crippen LogP contribution is 2.34. The van der Waals surface area contributed by atoms with Crippen LogP contribution in [0, 0.1) is 0 Å². The van der Waals surface area contributed by atoms with Crippen molar-refractivity contribution in [1.82, 2.24) is 0 Å².